The van der Waals surface area contributed by atoms with Crippen molar-refractivity contribution in [2.24, 2.45) is 0 Å². The Morgan fingerprint density at radius 1 is 1.09 bits per heavy atom. The Labute approximate surface area is 195 Å². The molecule has 2 aromatic rings. The first-order valence-corrected chi connectivity index (χ1v) is 12.8. The maximum Gasteiger partial charge on any atom is 0.264 e. The fourth-order valence-electron chi connectivity index (χ4n) is 5.51. The number of anilines is 1. The summed E-state index contributed by atoms with van der Waals surface area (Å²) >= 11 is 0. The maximum absolute atomic E-state index is 14.0. The van der Waals surface area contributed by atoms with Gasteiger partial charge in [0, 0.05) is 13.5 Å². The van der Waals surface area contributed by atoms with Crippen molar-refractivity contribution in [2.45, 2.75) is 62.9 Å². The second kappa shape index (κ2) is 8.45. The lowest BCUT2D eigenvalue weighted by molar-refractivity contribution is -0.135. The zero-order chi connectivity index (χ0) is 24.0. The van der Waals surface area contributed by atoms with Crippen LogP contribution in [0.15, 0.2) is 65.6 Å². The van der Waals surface area contributed by atoms with Gasteiger partial charge < -0.3 is 4.90 Å². The number of nitrogens with zero attached hydrogens (tertiary/aromatic N) is 2. The molecule has 1 amide bonds. The highest BCUT2D eigenvalue weighted by molar-refractivity contribution is 7.93. The van der Waals surface area contributed by atoms with Crippen molar-refractivity contribution in [3.63, 3.8) is 0 Å². The van der Waals surface area contributed by atoms with Crippen LogP contribution in [0.4, 0.5) is 5.69 Å². The highest BCUT2D eigenvalue weighted by Gasteiger charge is 2.62. The zero-order valence-corrected chi connectivity index (χ0v) is 20.3. The lowest BCUT2D eigenvalue weighted by Crippen LogP contribution is -2.63. The Morgan fingerprint density at radius 3 is 2.36 bits per heavy atom. The summed E-state index contributed by atoms with van der Waals surface area (Å²) in [7, 11) is -3.95. The summed E-state index contributed by atoms with van der Waals surface area (Å²) < 4.78 is 29.4. The van der Waals surface area contributed by atoms with Gasteiger partial charge in [-0.15, -0.1) is 0 Å². The number of amides is 1. The fourth-order valence-corrected chi connectivity index (χ4v) is 7.22. The molecule has 2 aliphatic rings. The molecular weight excluding hydrogens is 436 g/mol. The molecule has 0 bridgehead atoms. The predicted molar refractivity (Wildman–Crippen MR) is 129 cm³/mol. The van der Waals surface area contributed by atoms with E-state index >= 15 is 0 Å². The maximum atomic E-state index is 14.0. The molecule has 0 unspecified atom stereocenters. The first kappa shape index (κ1) is 23.2. The average Bonchev–Trinajstić information content (AvgIpc) is 3.10. The largest absolute Gasteiger partial charge is 0.335 e. The lowest BCUT2D eigenvalue weighted by Gasteiger charge is -2.47. The normalized spacial score (nSPS) is 23.7. The van der Waals surface area contributed by atoms with Crippen LogP contribution in [0.2, 0.25) is 0 Å². The van der Waals surface area contributed by atoms with Crippen LogP contribution in [-0.2, 0) is 25.0 Å². The summed E-state index contributed by atoms with van der Waals surface area (Å²) in [6.07, 6.45) is 4.93. The third kappa shape index (κ3) is 3.41. The molecule has 2 aromatic carbocycles. The molecule has 1 aliphatic heterocycles. The van der Waals surface area contributed by atoms with Gasteiger partial charge in [-0.05, 0) is 50.5 Å². The number of carbonyl (C=O) groups is 2. The quantitative estimate of drug-likeness (QED) is 0.604. The highest BCUT2D eigenvalue weighted by atomic mass is 32.2. The number of carbonyl (C=O) groups excluding carboxylic acids is 2. The van der Waals surface area contributed by atoms with Crippen LogP contribution >= 0.6 is 0 Å². The third-order valence-corrected chi connectivity index (χ3v) is 8.74. The molecule has 174 valence electrons. The van der Waals surface area contributed by atoms with Gasteiger partial charge in [0.25, 0.3) is 10.0 Å². The summed E-state index contributed by atoms with van der Waals surface area (Å²) in [5, 5.41) is 0. The molecule has 3 atom stereocenters. The van der Waals surface area contributed by atoms with Gasteiger partial charge in [0.2, 0.25) is 5.91 Å². The Balaban J connectivity index is 1.98. The number of hydrogen-bond acceptors (Lipinski definition) is 4. The second-order valence-corrected chi connectivity index (χ2v) is 10.7. The molecule has 0 saturated carbocycles. The molecule has 4 rings (SSSR count). The molecule has 0 aromatic heterocycles. The first-order chi connectivity index (χ1) is 15.7. The molecule has 6 nitrogen and oxygen atoms in total. The molecule has 1 heterocycles. The molecule has 1 aliphatic carbocycles. The minimum Gasteiger partial charge on any atom is -0.335 e. The summed E-state index contributed by atoms with van der Waals surface area (Å²) in [4.78, 5) is 28.1. The number of aryl methyl sites for hydroxylation is 1. The van der Waals surface area contributed by atoms with Gasteiger partial charge in [-0.25, -0.2) is 8.42 Å². The van der Waals surface area contributed by atoms with Crippen LogP contribution < -0.4 is 4.31 Å². The van der Waals surface area contributed by atoms with Gasteiger partial charge in [0.15, 0.2) is 0 Å². The van der Waals surface area contributed by atoms with E-state index in [2.05, 4.69) is 0 Å². The van der Waals surface area contributed by atoms with Gasteiger partial charge in [-0.3, -0.25) is 13.9 Å². The predicted octanol–water partition coefficient (Wildman–Crippen LogP) is 3.99. The van der Waals surface area contributed by atoms with Crippen LogP contribution in [0.5, 0.6) is 0 Å². The second-order valence-electron chi connectivity index (χ2n) is 8.89. The standard InChI is InChI=1S/C26H30N2O4S/c1-5-17-27(20(4)30)24-11-8-12-25-26(24,19(3)29)22-9-6-7-10-23(22)28(25)33(31,32)21-15-13-18(2)14-16-21/h6-11,13-16,24-25H,5,12,17H2,1-4H3/t24-,25+,26-/m1/s1. The Kier molecular flexibility index (Phi) is 5.95. The Hall–Kier alpha value is -2.93. The van der Waals surface area contributed by atoms with E-state index in [1.807, 2.05) is 38.1 Å². The lowest BCUT2D eigenvalue weighted by atomic mass is 9.64. The monoisotopic (exact) mass is 466 g/mol. The van der Waals surface area contributed by atoms with E-state index in [4.69, 9.17) is 0 Å². The number of hydrogen-bond donors (Lipinski definition) is 0. The first-order valence-electron chi connectivity index (χ1n) is 11.3. The fraction of sp³-hybridized carbons (Fsp3) is 0.385. The Bertz CT molecular complexity index is 1220. The van der Waals surface area contributed by atoms with Crippen molar-refractivity contribution >= 4 is 27.4 Å². The topological polar surface area (TPSA) is 74.8 Å². The number of Topliss-reactive ketones (excluding diaryl/α,β-unsaturated/α-hetero) is 1. The number of fused-ring (bicyclic) bond motifs is 3. The molecular formula is C26H30N2O4S. The molecule has 0 N–H and O–H groups in total. The summed E-state index contributed by atoms with van der Waals surface area (Å²) in [6.45, 7) is 7.39. The van der Waals surface area contributed by atoms with Gasteiger partial charge in [-0.1, -0.05) is 55.0 Å². The van der Waals surface area contributed by atoms with Crippen LogP contribution in [0.3, 0.4) is 0 Å². The smallest absolute Gasteiger partial charge is 0.264 e. The van der Waals surface area contributed by atoms with Crippen molar-refractivity contribution < 1.29 is 18.0 Å². The molecule has 0 spiro atoms. The van der Waals surface area contributed by atoms with Crippen LogP contribution in [0.1, 0.15) is 44.7 Å². The van der Waals surface area contributed by atoms with Crippen molar-refractivity contribution in [3.8, 4) is 0 Å². The van der Waals surface area contributed by atoms with E-state index in [0.29, 0.717) is 24.2 Å². The molecule has 0 radical (unpaired) electrons. The van der Waals surface area contributed by atoms with Crippen molar-refractivity contribution in [1.82, 2.24) is 4.90 Å². The Morgan fingerprint density at radius 2 is 1.76 bits per heavy atom. The van der Waals surface area contributed by atoms with E-state index in [0.717, 1.165) is 12.0 Å². The van der Waals surface area contributed by atoms with Crippen molar-refractivity contribution in [3.05, 3.63) is 71.8 Å². The third-order valence-electron chi connectivity index (χ3n) is 6.91. The average molecular weight is 467 g/mol. The summed E-state index contributed by atoms with van der Waals surface area (Å²) in [5.74, 6) is -0.275. The van der Waals surface area contributed by atoms with Crippen LogP contribution in [0.25, 0.3) is 0 Å². The number of para-hydroxylation sites is 1. The number of ketones is 1. The zero-order valence-electron chi connectivity index (χ0n) is 19.5. The van der Waals surface area contributed by atoms with E-state index in [9.17, 15) is 18.0 Å². The SMILES string of the molecule is CCCN(C(C)=O)[C@@H]1C=CC[C@@H]2N(S(=O)(=O)c3ccc(C)cc3)c3ccccc3[C@@]21C(C)=O. The minimum atomic E-state index is -3.95. The van der Waals surface area contributed by atoms with E-state index in [1.54, 1.807) is 41.3 Å². The van der Waals surface area contributed by atoms with Crippen molar-refractivity contribution in [1.29, 1.82) is 0 Å². The van der Waals surface area contributed by atoms with Crippen LogP contribution in [0, 0.1) is 6.92 Å². The number of benzene rings is 2. The molecule has 0 fully saturated rings. The van der Waals surface area contributed by atoms with Gasteiger partial charge in [0.1, 0.15) is 11.2 Å². The van der Waals surface area contributed by atoms with E-state index in [-0.39, 0.29) is 16.6 Å². The van der Waals surface area contributed by atoms with Gasteiger partial charge in [-0.2, -0.15) is 0 Å². The highest BCUT2D eigenvalue weighted by Crippen LogP contribution is 2.54. The van der Waals surface area contributed by atoms with E-state index in [1.165, 1.54) is 18.2 Å². The summed E-state index contributed by atoms with van der Waals surface area (Å²) in [6, 6.07) is 12.8. The van der Waals surface area contributed by atoms with E-state index < -0.39 is 27.5 Å². The van der Waals surface area contributed by atoms with Crippen molar-refractivity contribution in [2.75, 3.05) is 10.8 Å². The number of rotatable bonds is 6. The molecule has 7 heteroatoms. The molecule has 0 saturated heterocycles. The van der Waals surface area contributed by atoms with Gasteiger partial charge in [0.05, 0.1) is 22.7 Å². The number of sulfonamides is 1. The van der Waals surface area contributed by atoms with Gasteiger partial charge >= 0.3 is 0 Å². The molecule has 33 heavy (non-hydrogen) atoms. The summed E-state index contributed by atoms with van der Waals surface area (Å²) in [5.41, 5.74) is 0.956. The van der Waals surface area contributed by atoms with Crippen LogP contribution in [-0.4, -0.2) is 43.6 Å². The minimum absolute atomic E-state index is 0.134.